The van der Waals surface area contributed by atoms with E-state index in [2.05, 4.69) is 5.32 Å². The number of benzene rings is 2. The van der Waals surface area contributed by atoms with E-state index in [9.17, 15) is 23.2 Å². The number of fused-ring (bicyclic) bond motifs is 1. The summed E-state index contributed by atoms with van der Waals surface area (Å²) < 4.78 is 41.9. The Morgan fingerprint density at radius 3 is 2.69 bits per heavy atom. The summed E-state index contributed by atoms with van der Waals surface area (Å²) in [6.07, 6.45) is 0. The molecular formula is C22H22F2N2O6. The normalized spacial score (nSPS) is 13.8. The first-order valence-electron chi connectivity index (χ1n) is 9.78. The first-order valence-corrected chi connectivity index (χ1v) is 9.78. The number of anilines is 1. The van der Waals surface area contributed by atoms with E-state index in [4.69, 9.17) is 14.2 Å². The number of rotatable bonds is 9. The number of methoxy groups -OCH3 is 1. The SMILES string of the molecule is COCCNC(=O)[C@@H](C)N1C(=O)COc2ccc(C(=O)COc3ccc(F)c(F)c3)cc21. The number of amides is 2. The van der Waals surface area contributed by atoms with Gasteiger partial charge in [0.1, 0.15) is 17.5 Å². The Hall–Kier alpha value is -3.53. The smallest absolute Gasteiger partial charge is 0.265 e. The molecule has 8 nitrogen and oxygen atoms in total. The highest BCUT2D eigenvalue weighted by Crippen LogP contribution is 2.34. The van der Waals surface area contributed by atoms with Crippen molar-refractivity contribution in [2.45, 2.75) is 13.0 Å². The van der Waals surface area contributed by atoms with Crippen molar-refractivity contribution >= 4 is 23.3 Å². The lowest BCUT2D eigenvalue weighted by Gasteiger charge is -2.33. The van der Waals surface area contributed by atoms with Crippen LogP contribution in [0.5, 0.6) is 11.5 Å². The number of hydrogen-bond donors (Lipinski definition) is 1. The minimum absolute atomic E-state index is 0.00306. The van der Waals surface area contributed by atoms with Crippen molar-refractivity contribution in [1.29, 1.82) is 0 Å². The lowest BCUT2D eigenvalue weighted by atomic mass is 10.1. The highest BCUT2D eigenvalue weighted by Gasteiger charge is 2.33. The molecule has 0 bridgehead atoms. The topological polar surface area (TPSA) is 94.2 Å². The monoisotopic (exact) mass is 448 g/mol. The van der Waals surface area contributed by atoms with E-state index in [-0.39, 0.29) is 36.1 Å². The van der Waals surface area contributed by atoms with Crippen molar-refractivity contribution in [2.24, 2.45) is 0 Å². The van der Waals surface area contributed by atoms with E-state index in [1.165, 1.54) is 36.3 Å². The number of nitrogens with zero attached hydrogens (tertiary/aromatic N) is 1. The fraction of sp³-hybridized carbons (Fsp3) is 0.318. The van der Waals surface area contributed by atoms with Gasteiger partial charge in [0.25, 0.3) is 5.91 Å². The zero-order valence-electron chi connectivity index (χ0n) is 17.5. The number of carbonyl (C=O) groups is 3. The Morgan fingerprint density at radius 1 is 1.19 bits per heavy atom. The summed E-state index contributed by atoms with van der Waals surface area (Å²) >= 11 is 0. The molecule has 0 fully saturated rings. The second kappa shape index (κ2) is 10.2. The van der Waals surface area contributed by atoms with Crippen LogP contribution in [0.25, 0.3) is 0 Å². The maximum atomic E-state index is 13.3. The van der Waals surface area contributed by atoms with Gasteiger partial charge in [0.2, 0.25) is 5.91 Å². The summed E-state index contributed by atoms with van der Waals surface area (Å²) in [4.78, 5) is 38.8. The minimum Gasteiger partial charge on any atom is -0.485 e. The van der Waals surface area contributed by atoms with Crippen molar-refractivity contribution in [2.75, 3.05) is 38.4 Å². The Labute approximate surface area is 183 Å². The van der Waals surface area contributed by atoms with Crippen molar-refractivity contribution in [3.63, 3.8) is 0 Å². The fourth-order valence-corrected chi connectivity index (χ4v) is 3.11. The van der Waals surface area contributed by atoms with Gasteiger partial charge in [-0.05, 0) is 37.3 Å². The van der Waals surface area contributed by atoms with E-state index < -0.39 is 36.0 Å². The number of Topliss-reactive ketones (excluding diaryl/α,β-unsaturated/α-hetero) is 1. The maximum Gasteiger partial charge on any atom is 0.265 e. The number of ketones is 1. The number of hydrogen-bond acceptors (Lipinski definition) is 6. The second-order valence-corrected chi connectivity index (χ2v) is 6.98. The summed E-state index contributed by atoms with van der Waals surface area (Å²) in [7, 11) is 1.51. The van der Waals surface area contributed by atoms with Crippen LogP contribution in [0.1, 0.15) is 17.3 Å². The lowest BCUT2D eigenvalue weighted by Crippen LogP contribution is -2.51. The Morgan fingerprint density at radius 2 is 1.97 bits per heavy atom. The second-order valence-electron chi connectivity index (χ2n) is 6.98. The quantitative estimate of drug-likeness (QED) is 0.467. The van der Waals surface area contributed by atoms with E-state index in [0.717, 1.165) is 12.1 Å². The van der Waals surface area contributed by atoms with E-state index >= 15 is 0 Å². The molecule has 1 heterocycles. The number of ether oxygens (including phenoxy) is 3. The van der Waals surface area contributed by atoms with Gasteiger partial charge in [0.15, 0.2) is 30.6 Å². The van der Waals surface area contributed by atoms with Gasteiger partial charge in [0, 0.05) is 25.3 Å². The number of halogens is 2. The van der Waals surface area contributed by atoms with Crippen molar-refractivity contribution in [1.82, 2.24) is 5.32 Å². The Balaban J connectivity index is 1.76. The van der Waals surface area contributed by atoms with Gasteiger partial charge < -0.3 is 19.5 Å². The summed E-state index contributed by atoms with van der Waals surface area (Å²) in [5.74, 6) is -3.06. The fourth-order valence-electron chi connectivity index (χ4n) is 3.11. The first-order chi connectivity index (χ1) is 15.3. The summed E-state index contributed by atoms with van der Waals surface area (Å²) in [6, 6.07) is 6.54. The molecule has 0 unspecified atom stereocenters. The molecule has 1 aliphatic heterocycles. The average Bonchev–Trinajstić information content (AvgIpc) is 2.78. The number of carbonyl (C=O) groups excluding carboxylic acids is 3. The van der Waals surface area contributed by atoms with Crippen molar-refractivity contribution < 1.29 is 37.4 Å². The van der Waals surface area contributed by atoms with Crippen LogP contribution in [0.15, 0.2) is 36.4 Å². The third-order valence-corrected chi connectivity index (χ3v) is 4.79. The van der Waals surface area contributed by atoms with E-state index in [1.54, 1.807) is 6.92 Å². The molecule has 1 N–H and O–H groups in total. The maximum absolute atomic E-state index is 13.3. The highest BCUT2D eigenvalue weighted by molar-refractivity contribution is 6.05. The van der Waals surface area contributed by atoms with Gasteiger partial charge in [-0.2, -0.15) is 0 Å². The molecule has 10 heteroatoms. The molecule has 2 aromatic rings. The molecule has 3 rings (SSSR count). The predicted molar refractivity (Wildman–Crippen MR) is 110 cm³/mol. The highest BCUT2D eigenvalue weighted by atomic mass is 19.2. The predicted octanol–water partition coefficient (Wildman–Crippen LogP) is 2.10. The van der Waals surface area contributed by atoms with Crippen molar-refractivity contribution in [3.8, 4) is 11.5 Å². The van der Waals surface area contributed by atoms with Gasteiger partial charge in [-0.3, -0.25) is 19.3 Å². The third-order valence-electron chi connectivity index (χ3n) is 4.79. The molecule has 170 valence electrons. The van der Waals surface area contributed by atoms with Crippen LogP contribution in [0.2, 0.25) is 0 Å². The lowest BCUT2D eigenvalue weighted by molar-refractivity contribution is -0.127. The first kappa shape index (κ1) is 23.1. The molecular weight excluding hydrogens is 426 g/mol. The zero-order valence-corrected chi connectivity index (χ0v) is 17.5. The van der Waals surface area contributed by atoms with Gasteiger partial charge in [-0.1, -0.05) is 0 Å². The van der Waals surface area contributed by atoms with Gasteiger partial charge in [-0.25, -0.2) is 8.78 Å². The van der Waals surface area contributed by atoms with Crippen LogP contribution in [-0.2, 0) is 14.3 Å². The molecule has 0 saturated carbocycles. The summed E-state index contributed by atoms with van der Waals surface area (Å²) in [5.41, 5.74) is 0.468. The molecule has 32 heavy (non-hydrogen) atoms. The third kappa shape index (κ3) is 5.20. The molecule has 0 saturated heterocycles. The van der Waals surface area contributed by atoms with Crippen LogP contribution in [0.3, 0.4) is 0 Å². The van der Waals surface area contributed by atoms with E-state index in [0.29, 0.717) is 12.4 Å². The van der Waals surface area contributed by atoms with Crippen LogP contribution < -0.4 is 19.7 Å². The molecule has 2 amide bonds. The minimum atomic E-state index is -1.09. The molecule has 2 aromatic carbocycles. The van der Waals surface area contributed by atoms with Crippen LogP contribution in [0.4, 0.5) is 14.5 Å². The molecule has 1 aliphatic rings. The Kier molecular flexibility index (Phi) is 7.37. The van der Waals surface area contributed by atoms with Crippen LogP contribution in [0, 0.1) is 11.6 Å². The van der Waals surface area contributed by atoms with Gasteiger partial charge in [-0.15, -0.1) is 0 Å². The molecule has 0 aliphatic carbocycles. The molecule has 0 spiro atoms. The average molecular weight is 448 g/mol. The van der Waals surface area contributed by atoms with E-state index in [1.807, 2.05) is 0 Å². The summed E-state index contributed by atoms with van der Waals surface area (Å²) in [6.45, 7) is 1.49. The molecule has 0 radical (unpaired) electrons. The molecule has 0 aromatic heterocycles. The van der Waals surface area contributed by atoms with Crippen LogP contribution in [-0.4, -0.2) is 57.1 Å². The Bertz CT molecular complexity index is 1030. The summed E-state index contributed by atoms with van der Waals surface area (Å²) in [5, 5.41) is 2.67. The zero-order chi connectivity index (χ0) is 23.3. The molecule has 1 atom stereocenters. The largest absolute Gasteiger partial charge is 0.485 e. The standard InChI is InChI=1S/C22H22F2N2O6/c1-13(22(29)25-7-8-30-2)26-18-9-14(3-6-20(18)32-12-21(26)28)19(27)11-31-15-4-5-16(23)17(24)10-15/h3-6,9-10,13H,7-8,11-12H2,1-2H3,(H,25,29)/t13-/m1/s1. The van der Waals surface area contributed by atoms with Gasteiger partial charge >= 0.3 is 0 Å². The van der Waals surface area contributed by atoms with Crippen LogP contribution >= 0.6 is 0 Å². The van der Waals surface area contributed by atoms with Gasteiger partial charge in [0.05, 0.1) is 12.3 Å². The number of nitrogens with one attached hydrogen (secondary N) is 1. The van der Waals surface area contributed by atoms with Crippen molar-refractivity contribution in [3.05, 3.63) is 53.6 Å².